The molecule has 1 aromatic carbocycles. The molecule has 1 aliphatic carbocycles. The number of anilines is 1. The van der Waals surface area contributed by atoms with Crippen LogP contribution < -0.4 is 11.1 Å². The molecule has 4 nitrogen and oxygen atoms in total. The Morgan fingerprint density at radius 3 is 2.84 bits per heavy atom. The van der Waals surface area contributed by atoms with Gasteiger partial charge in [0, 0.05) is 12.2 Å². The first-order valence-electron chi connectivity index (χ1n) is 7.22. The molecule has 1 aliphatic heterocycles. The Morgan fingerprint density at radius 2 is 2.05 bits per heavy atom. The van der Waals surface area contributed by atoms with E-state index in [-0.39, 0.29) is 0 Å². The van der Waals surface area contributed by atoms with Gasteiger partial charge in [-0.25, -0.2) is 0 Å². The highest BCUT2D eigenvalue weighted by Gasteiger charge is 2.12. The van der Waals surface area contributed by atoms with Gasteiger partial charge in [-0.2, -0.15) is 0 Å². The molecule has 0 unspecified atom stereocenters. The zero-order valence-corrected chi connectivity index (χ0v) is 11.4. The molecule has 1 fully saturated rings. The predicted molar refractivity (Wildman–Crippen MR) is 79.6 cm³/mol. The third kappa shape index (κ3) is 3.07. The van der Waals surface area contributed by atoms with Gasteiger partial charge in [-0.1, -0.05) is 6.07 Å². The summed E-state index contributed by atoms with van der Waals surface area (Å²) in [6.07, 6.45) is 5.01. The fourth-order valence-electron chi connectivity index (χ4n) is 2.75. The summed E-state index contributed by atoms with van der Waals surface area (Å²) in [5.41, 5.74) is 9.92. The molecule has 0 radical (unpaired) electrons. The Bertz CT molecular complexity index is 477. The maximum Gasteiger partial charge on any atom is 0.193 e. The molecule has 1 heterocycles. The second kappa shape index (κ2) is 5.61. The van der Waals surface area contributed by atoms with Crippen LogP contribution in [0.5, 0.6) is 0 Å². The van der Waals surface area contributed by atoms with Crippen LogP contribution in [0.15, 0.2) is 23.2 Å². The molecule has 0 amide bonds. The van der Waals surface area contributed by atoms with E-state index >= 15 is 0 Å². The first-order valence-corrected chi connectivity index (χ1v) is 7.22. The second-order valence-corrected chi connectivity index (χ2v) is 5.42. The standard InChI is InChI=1S/C15H22N4/c16-15(17-7-10-19-8-2-9-19)18-14-6-5-12-3-1-4-13(12)11-14/h5-6,11H,1-4,7-10H2,(H3,16,17,18). The van der Waals surface area contributed by atoms with Crippen molar-refractivity contribution in [3.63, 3.8) is 0 Å². The average molecular weight is 258 g/mol. The largest absolute Gasteiger partial charge is 0.370 e. The Hall–Kier alpha value is -1.55. The third-order valence-corrected chi connectivity index (χ3v) is 4.02. The van der Waals surface area contributed by atoms with Crippen molar-refractivity contribution in [2.45, 2.75) is 25.7 Å². The molecule has 0 saturated carbocycles. The number of aryl methyl sites for hydroxylation is 2. The van der Waals surface area contributed by atoms with Crippen LogP contribution in [0.25, 0.3) is 0 Å². The molecule has 0 atom stereocenters. The maximum absolute atomic E-state index is 5.92. The van der Waals surface area contributed by atoms with E-state index in [2.05, 4.69) is 33.4 Å². The monoisotopic (exact) mass is 258 g/mol. The van der Waals surface area contributed by atoms with Gasteiger partial charge in [0.2, 0.25) is 0 Å². The first kappa shape index (κ1) is 12.5. The second-order valence-electron chi connectivity index (χ2n) is 5.42. The van der Waals surface area contributed by atoms with E-state index in [1.165, 1.54) is 49.9 Å². The van der Waals surface area contributed by atoms with E-state index in [0.29, 0.717) is 5.96 Å². The fraction of sp³-hybridized carbons (Fsp3) is 0.533. The number of fused-ring (bicyclic) bond motifs is 1. The third-order valence-electron chi connectivity index (χ3n) is 4.02. The van der Waals surface area contributed by atoms with Crippen molar-refractivity contribution in [2.24, 2.45) is 10.7 Å². The summed E-state index contributed by atoms with van der Waals surface area (Å²) in [6.45, 7) is 4.23. The van der Waals surface area contributed by atoms with Gasteiger partial charge in [0.05, 0.1) is 6.54 Å². The molecule has 3 N–H and O–H groups in total. The van der Waals surface area contributed by atoms with Crippen LogP contribution in [0.2, 0.25) is 0 Å². The SMILES string of the molecule is NC(=NCCN1CCC1)Nc1ccc2c(c1)CCC2. The Labute approximate surface area is 114 Å². The number of hydrogen-bond acceptors (Lipinski definition) is 2. The van der Waals surface area contributed by atoms with Gasteiger partial charge in [0.1, 0.15) is 0 Å². The molecule has 0 aromatic heterocycles. The lowest BCUT2D eigenvalue weighted by atomic mass is 10.1. The van der Waals surface area contributed by atoms with Gasteiger partial charge in [0.25, 0.3) is 0 Å². The maximum atomic E-state index is 5.92. The lowest BCUT2D eigenvalue weighted by molar-refractivity contribution is 0.187. The Kier molecular flexibility index (Phi) is 3.69. The Balaban J connectivity index is 1.53. The van der Waals surface area contributed by atoms with Crippen molar-refractivity contribution in [3.8, 4) is 0 Å². The number of guanidine groups is 1. The van der Waals surface area contributed by atoms with Crippen molar-refractivity contribution in [1.29, 1.82) is 0 Å². The molecular formula is C15H22N4. The summed E-state index contributed by atoms with van der Waals surface area (Å²) >= 11 is 0. The molecule has 2 aliphatic rings. The molecule has 1 aromatic rings. The molecule has 3 rings (SSSR count). The van der Waals surface area contributed by atoms with Crippen LogP contribution in [-0.2, 0) is 12.8 Å². The number of aliphatic imine (C=N–C) groups is 1. The van der Waals surface area contributed by atoms with Gasteiger partial charge >= 0.3 is 0 Å². The highest BCUT2D eigenvalue weighted by atomic mass is 15.2. The minimum atomic E-state index is 0.526. The van der Waals surface area contributed by atoms with Crippen LogP contribution in [0, 0.1) is 0 Å². The van der Waals surface area contributed by atoms with Crippen LogP contribution in [0.4, 0.5) is 5.69 Å². The number of nitrogens with zero attached hydrogens (tertiary/aromatic N) is 2. The highest BCUT2D eigenvalue weighted by Crippen LogP contribution is 2.24. The van der Waals surface area contributed by atoms with Crippen LogP contribution >= 0.6 is 0 Å². The summed E-state index contributed by atoms with van der Waals surface area (Å²) in [6, 6.07) is 6.51. The fourth-order valence-corrected chi connectivity index (χ4v) is 2.75. The zero-order chi connectivity index (χ0) is 13.1. The van der Waals surface area contributed by atoms with E-state index in [9.17, 15) is 0 Å². The van der Waals surface area contributed by atoms with Crippen LogP contribution in [-0.4, -0.2) is 37.0 Å². The van der Waals surface area contributed by atoms with Crippen LogP contribution in [0.3, 0.4) is 0 Å². The lowest BCUT2D eigenvalue weighted by Gasteiger charge is -2.29. The van der Waals surface area contributed by atoms with Gasteiger partial charge in [0.15, 0.2) is 5.96 Å². The number of nitrogens with two attached hydrogens (primary N) is 1. The van der Waals surface area contributed by atoms with E-state index in [1.54, 1.807) is 0 Å². The zero-order valence-electron chi connectivity index (χ0n) is 11.4. The van der Waals surface area contributed by atoms with Crippen molar-refractivity contribution >= 4 is 11.6 Å². The van der Waals surface area contributed by atoms with Crippen molar-refractivity contribution in [2.75, 3.05) is 31.5 Å². The highest BCUT2D eigenvalue weighted by molar-refractivity contribution is 5.92. The Morgan fingerprint density at radius 1 is 1.21 bits per heavy atom. The van der Waals surface area contributed by atoms with E-state index in [0.717, 1.165) is 18.8 Å². The molecular weight excluding hydrogens is 236 g/mol. The lowest BCUT2D eigenvalue weighted by Crippen LogP contribution is -2.39. The normalized spacial score (nSPS) is 19.1. The van der Waals surface area contributed by atoms with Gasteiger partial charge in [-0.05, 0) is 62.0 Å². The molecule has 19 heavy (non-hydrogen) atoms. The van der Waals surface area contributed by atoms with Crippen molar-refractivity contribution in [3.05, 3.63) is 29.3 Å². The number of benzene rings is 1. The summed E-state index contributed by atoms with van der Waals surface area (Å²) in [5.74, 6) is 0.526. The van der Waals surface area contributed by atoms with Crippen molar-refractivity contribution < 1.29 is 0 Å². The van der Waals surface area contributed by atoms with E-state index < -0.39 is 0 Å². The molecule has 1 saturated heterocycles. The number of nitrogens with one attached hydrogen (secondary N) is 1. The minimum Gasteiger partial charge on any atom is -0.370 e. The number of hydrogen-bond donors (Lipinski definition) is 2. The summed E-state index contributed by atoms with van der Waals surface area (Å²) in [5, 5.41) is 3.19. The van der Waals surface area contributed by atoms with Crippen LogP contribution in [0.1, 0.15) is 24.0 Å². The van der Waals surface area contributed by atoms with E-state index in [4.69, 9.17) is 5.73 Å². The number of likely N-dealkylation sites (tertiary alicyclic amines) is 1. The van der Waals surface area contributed by atoms with Gasteiger partial charge in [-0.3, -0.25) is 4.99 Å². The van der Waals surface area contributed by atoms with Gasteiger partial charge in [-0.15, -0.1) is 0 Å². The quantitative estimate of drug-likeness (QED) is 0.637. The molecule has 0 bridgehead atoms. The summed E-state index contributed by atoms with van der Waals surface area (Å²) in [4.78, 5) is 6.77. The molecule has 0 spiro atoms. The molecule has 4 heteroatoms. The molecule has 102 valence electrons. The van der Waals surface area contributed by atoms with E-state index in [1.807, 2.05) is 0 Å². The summed E-state index contributed by atoms with van der Waals surface area (Å²) < 4.78 is 0. The predicted octanol–water partition coefficient (Wildman–Crippen LogP) is 1.61. The number of rotatable bonds is 4. The summed E-state index contributed by atoms with van der Waals surface area (Å²) in [7, 11) is 0. The smallest absolute Gasteiger partial charge is 0.193 e. The minimum absolute atomic E-state index is 0.526. The average Bonchev–Trinajstić information content (AvgIpc) is 2.79. The van der Waals surface area contributed by atoms with Gasteiger partial charge < -0.3 is 16.0 Å². The first-order chi connectivity index (χ1) is 9.31. The van der Waals surface area contributed by atoms with Crippen molar-refractivity contribution in [1.82, 2.24) is 4.90 Å². The topological polar surface area (TPSA) is 53.6 Å².